The average Bonchev–Trinajstić information content (AvgIpc) is 3.40. The molecule has 170 valence electrons. The van der Waals surface area contributed by atoms with Crippen molar-refractivity contribution < 1.29 is 14.3 Å². The van der Waals surface area contributed by atoms with E-state index in [1.807, 2.05) is 71.6 Å². The summed E-state index contributed by atoms with van der Waals surface area (Å²) in [6.45, 7) is -0.101. The normalized spacial score (nSPS) is 10.7. The Hall–Kier alpha value is -3.92. The monoisotopic (exact) mass is 564 g/mol. The lowest BCUT2D eigenvalue weighted by Crippen LogP contribution is -2.20. The molecular formula is C26H21IN4O3. The van der Waals surface area contributed by atoms with Gasteiger partial charge in [0.25, 0.3) is 11.8 Å². The summed E-state index contributed by atoms with van der Waals surface area (Å²) in [5.74, 6) is 0.00833. The third-order valence-electron chi connectivity index (χ3n) is 4.79. The minimum absolute atomic E-state index is 0.101. The number of carbonyl (C=O) groups is 2. The quantitative estimate of drug-likeness (QED) is 0.182. The number of nitrogens with zero attached hydrogens (tertiary/aromatic N) is 2. The maximum absolute atomic E-state index is 12.6. The second-order valence-electron chi connectivity index (χ2n) is 7.22. The minimum atomic E-state index is -0.306. The van der Waals surface area contributed by atoms with E-state index in [1.54, 1.807) is 36.5 Å². The van der Waals surface area contributed by atoms with E-state index in [-0.39, 0.29) is 18.4 Å². The van der Waals surface area contributed by atoms with Gasteiger partial charge in [-0.1, -0.05) is 12.1 Å². The fourth-order valence-corrected chi connectivity index (χ4v) is 3.50. The summed E-state index contributed by atoms with van der Waals surface area (Å²) in [5.41, 5.74) is 5.35. The molecule has 3 aromatic carbocycles. The van der Waals surface area contributed by atoms with Gasteiger partial charge < -0.3 is 14.6 Å². The van der Waals surface area contributed by atoms with Crippen molar-refractivity contribution >= 4 is 46.3 Å². The van der Waals surface area contributed by atoms with Crippen molar-refractivity contribution in [3.63, 3.8) is 0 Å². The van der Waals surface area contributed by atoms with Crippen LogP contribution in [0, 0.1) is 3.57 Å². The molecule has 1 aromatic heterocycles. The van der Waals surface area contributed by atoms with Crippen molar-refractivity contribution in [3.05, 3.63) is 112 Å². The molecule has 0 radical (unpaired) electrons. The van der Waals surface area contributed by atoms with Crippen LogP contribution in [-0.2, 0) is 4.79 Å². The van der Waals surface area contributed by atoms with Crippen LogP contribution in [0.1, 0.15) is 15.9 Å². The number of hydrogen-bond acceptors (Lipinski definition) is 4. The Kier molecular flexibility index (Phi) is 7.71. The van der Waals surface area contributed by atoms with Crippen LogP contribution in [0.4, 0.5) is 5.69 Å². The fourth-order valence-electron chi connectivity index (χ4n) is 3.14. The molecule has 4 aromatic rings. The highest BCUT2D eigenvalue weighted by Crippen LogP contribution is 2.15. The Morgan fingerprint density at radius 3 is 2.35 bits per heavy atom. The molecule has 0 aliphatic carbocycles. The van der Waals surface area contributed by atoms with Crippen molar-refractivity contribution in [1.29, 1.82) is 0 Å². The molecule has 8 heteroatoms. The lowest BCUT2D eigenvalue weighted by atomic mass is 10.1. The van der Waals surface area contributed by atoms with Crippen molar-refractivity contribution in [2.45, 2.75) is 0 Å². The van der Waals surface area contributed by atoms with Crippen LogP contribution in [0.25, 0.3) is 5.69 Å². The molecule has 1 heterocycles. The van der Waals surface area contributed by atoms with Crippen molar-refractivity contribution in [1.82, 2.24) is 9.99 Å². The summed E-state index contributed by atoms with van der Waals surface area (Å²) in [6.07, 6.45) is 5.30. The van der Waals surface area contributed by atoms with E-state index in [2.05, 4.69) is 38.4 Å². The Morgan fingerprint density at radius 2 is 1.62 bits per heavy atom. The Bertz CT molecular complexity index is 1280. The van der Waals surface area contributed by atoms with Crippen LogP contribution in [0.3, 0.4) is 0 Å². The van der Waals surface area contributed by atoms with E-state index < -0.39 is 0 Å². The summed E-state index contributed by atoms with van der Waals surface area (Å²) in [4.78, 5) is 24.7. The smallest absolute Gasteiger partial charge is 0.273 e. The van der Waals surface area contributed by atoms with Gasteiger partial charge in [0, 0.05) is 21.7 Å². The molecule has 0 atom stereocenters. The lowest BCUT2D eigenvalue weighted by molar-refractivity contribution is -0.118. The maximum Gasteiger partial charge on any atom is 0.273 e. The van der Waals surface area contributed by atoms with Gasteiger partial charge in [-0.05, 0) is 101 Å². The van der Waals surface area contributed by atoms with Crippen molar-refractivity contribution in [2.24, 2.45) is 5.10 Å². The number of ether oxygens (including phenoxy) is 1. The number of benzene rings is 3. The number of rotatable bonds is 8. The first-order chi connectivity index (χ1) is 16.6. The van der Waals surface area contributed by atoms with Gasteiger partial charge in [0.1, 0.15) is 5.75 Å². The maximum atomic E-state index is 12.6. The molecule has 0 fully saturated rings. The molecule has 34 heavy (non-hydrogen) atoms. The first-order valence-electron chi connectivity index (χ1n) is 10.4. The zero-order chi connectivity index (χ0) is 23.8. The highest BCUT2D eigenvalue weighted by atomic mass is 127. The summed E-state index contributed by atoms with van der Waals surface area (Å²) in [6, 6.07) is 25.7. The summed E-state index contributed by atoms with van der Waals surface area (Å²) < 4.78 is 8.51. The molecule has 0 spiro atoms. The Balaban J connectivity index is 1.28. The Labute approximate surface area is 210 Å². The molecule has 2 N–H and O–H groups in total. The molecule has 0 saturated heterocycles. The summed E-state index contributed by atoms with van der Waals surface area (Å²) in [5, 5.41) is 6.84. The van der Waals surface area contributed by atoms with Crippen LogP contribution in [-0.4, -0.2) is 29.2 Å². The van der Waals surface area contributed by atoms with E-state index in [0.717, 1.165) is 20.5 Å². The largest absolute Gasteiger partial charge is 0.484 e. The van der Waals surface area contributed by atoms with Gasteiger partial charge in [-0.2, -0.15) is 5.10 Å². The van der Waals surface area contributed by atoms with Crippen LogP contribution in [0.2, 0.25) is 0 Å². The third kappa shape index (κ3) is 6.32. The van der Waals surface area contributed by atoms with E-state index in [1.165, 1.54) is 0 Å². The number of para-hydroxylation sites is 1. The zero-order valence-electron chi connectivity index (χ0n) is 18.0. The minimum Gasteiger partial charge on any atom is -0.484 e. The Morgan fingerprint density at radius 1 is 0.912 bits per heavy atom. The fraction of sp³-hybridized carbons (Fsp3) is 0.0385. The van der Waals surface area contributed by atoms with E-state index >= 15 is 0 Å². The standard InChI is InChI=1S/C26H21IN4O3/c27-20-9-11-21(12-10-20)29-25(32)18-34-22-13-7-19(8-14-22)17-28-30-26(33)23-5-1-2-6-24(23)31-15-3-4-16-31/h1-17H,18H2,(H,29,32)(H,30,33)/b28-17-. The first kappa shape index (κ1) is 23.2. The number of amides is 2. The number of hydrogen-bond donors (Lipinski definition) is 2. The topological polar surface area (TPSA) is 84.7 Å². The number of hydrazone groups is 1. The van der Waals surface area contributed by atoms with E-state index in [0.29, 0.717) is 11.3 Å². The van der Waals surface area contributed by atoms with E-state index in [9.17, 15) is 9.59 Å². The molecule has 0 unspecified atom stereocenters. The molecular weight excluding hydrogens is 543 g/mol. The summed E-state index contributed by atoms with van der Waals surface area (Å²) in [7, 11) is 0. The van der Waals surface area contributed by atoms with Gasteiger partial charge in [0.05, 0.1) is 17.5 Å². The van der Waals surface area contributed by atoms with Gasteiger partial charge in [-0.15, -0.1) is 0 Å². The van der Waals surface area contributed by atoms with Gasteiger partial charge in [-0.3, -0.25) is 9.59 Å². The van der Waals surface area contributed by atoms with Gasteiger partial charge in [0.2, 0.25) is 0 Å². The summed E-state index contributed by atoms with van der Waals surface area (Å²) >= 11 is 2.21. The highest BCUT2D eigenvalue weighted by molar-refractivity contribution is 14.1. The third-order valence-corrected chi connectivity index (χ3v) is 5.51. The second kappa shape index (κ2) is 11.3. The molecule has 4 rings (SSSR count). The molecule has 7 nitrogen and oxygen atoms in total. The van der Waals surface area contributed by atoms with E-state index in [4.69, 9.17) is 4.74 Å². The second-order valence-corrected chi connectivity index (χ2v) is 8.47. The van der Waals surface area contributed by atoms with Crippen molar-refractivity contribution in [2.75, 3.05) is 11.9 Å². The van der Waals surface area contributed by atoms with Crippen LogP contribution < -0.4 is 15.5 Å². The number of carbonyl (C=O) groups excluding carboxylic acids is 2. The van der Waals surface area contributed by atoms with Crippen molar-refractivity contribution in [3.8, 4) is 11.4 Å². The molecule has 0 saturated carbocycles. The molecule has 2 amide bonds. The van der Waals surface area contributed by atoms with Gasteiger partial charge in [-0.25, -0.2) is 5.43 Å². The highest BCUT2D eigenvalue weighted by Gasteiger charge is 2.11. The lowest BCUT2D eigenvalue weighted by Gasteiger charge is -2.09. The number of anilines is 1. The molecule has 0 aliphatic rings. The number of halogens is 1. The van der Waals surface area contributed by atoms with Gasteiger partial charge in [0.15, 0.2) is 6.61 Å². The predicted molar refractivity (Wildman–Crippen MR) is 141 cm³/mol. The van der Waals surface area contributed by atoms with Crippen LogP contribution in [0.5, 0.6) is 5.75 Å². The number of nitrogens with one attached hydrogen (secondary N) is 2. The van der Waals surface area contributed by atoms with Crippen LogP contribution in [0.15, 0.2) is 102 Å². The van der Waals surface area contributed by atoms with Gasteiger partial charge >= 0.3 is 0 Å². The SMILES string of the molecule is O=C(COc1ccc(/C=N\NC(=O)c2ccccc2-n2cccc2)cc1)Nc1ccc(I)cc1. The molecule has 0 aliphatic heterocycles. The number of aromatic nitrogens is 1. The van der Waals surface area contributed by atoms with Crippen LogP contribution >= 0.6 is 22.6 Å². The zero-order valence-corrected chi connectivity index (χ0v) is 20.2. The molecule has 0 bridgehead atoms. The predicted octanol–water partition coefficient (Wildman–Crippen LogP) is 4.86. The average molecular weight is 564 g/mol. The first-order valence-corrected chi connectivity index (χ1v) is 11.5.